The summed E-state index contributed by atoms with van der Waals surface area (Å²) < 4.78 is 27.4. The highest BCUT2D eigenvalue weighted by Crippen LogP contribution is 2.31. The lowest BCUT2D eigenvalue weighted by Gasteiger charge is -2.23. The summed E-state index contributed by atoms with van der Waals surface area (Å²) in [4.78, 5) is 7.87. The summed E-state index contributed by atoms with van der Waals surface area (Å²) in [7, 11) is 1.61. The molecule has 2 unspecified atom stereocenters. The van der Waals surface area contributed by atoms with Crippen LogP contribution in [0.15, 0.2) is 35.2 Å². The monoisotopic (exact) mass is 429 g/mol. The van der Waals surface area contributed by atoms with Crippen LogP contribution in [0, 0.1) is 0 Å². The van der Waals surface area contributed by atoms with Gasteiger partial charge < -0.3 is 18.9 Å². The van der Waals surface area contributed by atoms with Crippen LogP contribution in [-0.4, -0.2) is 47.8 Å². The molecule has 4 rings (SSSR count). The van der Waals surface area contributed by atoms with Gasteiger partial charge in [-0.3, -0.25) is 0 Å². The zero-order valence-electron chi connectivity index (χ0n) is 17.9. The molecule has 0 radical (unpaired) electrons. The Balaban J connectivity index is 1.48. The highest BCUT2D eigenvalue weighted by molar-refractivity contribution is 7.92. The van der Waals surface area contributed by atoms with Gasteiger partial charge in [-0.15, -0.1) is 0 Å². The predicted octanol–water partition coefficient (Wildman–Crippen LogP) is 3.89. The summed E-state index contributed by atoms with van der Waals surface area (Å²) in [5.74, 6) is 0.499. The minimum Gasteiger partial charge on any atom is -0.588 e. The van der Waals surface area contributed by atoms with E-state index in [-0.39, 0.29) is 6.10 Å². The van der Waals surface area contributed by atoms with E-state index in [1.165, 1.54) is 12.0 Å². The fourth-order valence-corrected chi connectivity index (χ4v) is 5.02. The third-order valence-corrected chi connectivity index (χ3v) is 7.11. The molecule has 2 aliphatic heterocycles. The van der Waals surface area contributed by atoms with Crippen molar-refractivity contribution in [3.05, 3.63) is 47.2 Å². The molecule has 0 saturated carbocycles. The number of anilines is 1. The quantitative estimate of drug-likeness (QED) is 0.703. The Bertz CT molecular complexity index is 840. The van der Waals surface area contributed by atoms with Crippen LogP contribution in [0.25, 0.3) is 0 Å². The number of nitrogens with zero attached hydrogens (tertiary/aromatic N) is 2. The zero-order valence-corrected chi connectivity index (χ0v) is 18.7. The Morgan fingerprint density at radius 1 is 1.23 bits per heavy atom. The van der Waals surface area contributed by atoms with Crippen LogP contribution >= 0.6 is 0 Å². The van der Waals surface area contributed by atoms with Crippen LogP contribution in [0.5, 0.6) is 5.88 Å². The van der Waals surface area contributed by atoms with E-state index < -0.39 is 11.4 Å². The fraction of sp³-hybridized carbons (Fsp3) is 0.522. The third-order valence-electron chi connectivity index (χ3n) is 6.01. The molecule has 2 aliphatic rings. The number of pyridine rings is 1. The summed E-state index contributed by atoms with van der Waals surface area (Å²) in [5.41, 5.74) is 4.12. The molecule has 2 atom stereocenters. The standard InChI is InChI=1S/C23H31N3O3S/c1-3-26-13-11-18-16-21(23(28-2)24-20(18)12-14-26)25-30(27)19-9-7-17(8-10-19)22-6-4-5-15-29-22/h7-10,16,22,25H,3-6,11-15H2,1-2H3. The first-order chi connectivity index (χ1) is 14.7. The van der Waals surface area contributed by atoms with Gasteiger partial charge in [0.05, 0.1) is 13.2 Å². The van der Waals surface area contributed by atoms with Gasteiger partial charge in [0.2, 0.25) is 5.88 Å². The van der Waals surface area contributed by atoms with Gasteiger partial charge in [0.1, 0.15) is 17.0 Å². The van der Waals surface area contributed by atoms with Crippen molar-refractivity contribution in [1.82, 2.24) is 9.88 Å². The van der Waals surface area contributed by atoms with Crippen molar-refractivity contribution in [2.75, 3.05) is 38.1 Å². The molecule has 1 N–H and O–H groups in total. The Morgan fingerprint density at radius 2 is 2.03 bits per heavy atom. The molecule has 1 saturated heterocycles. The Labute approximate surface area is 182 Å². The summed E-state index contributed by atoms with van der Waals surface area (Å²) >= 11 is -1.39. The van der Waals surface area contributed by atoms with Gasteiger partial charge in [-0.05, 0) is 61.6 Å². The van der Waals surface area contributed by atoms with E-state index in [2.05, 4.69) is 22.6 Å². The molecule has 1 fully saturated rings. The first-order valence-electron chi connectivity index (χ1n) is 10.9. The number of methoxy groups -OCH3 is 1. The molecular weight excluding hydrogens is 398 g/mol. The molecule has 162 valence electrons. The Hall–Kier alpha value is -1.80. The summed E-state index contributed by atoms with van der Waals surface area (Å²) in [6.45, 7) is 6.08. The van der Waals surface area contributed by atoms with Gasteiger partial charge in [0, 0.05) is 31.8 Å². The van der Waals surface area contributed by atoms with Crippen molar-refractivity contribution in [3.63, 3.8) is 0 Å². The second-order valence-electron chi connectivity index (χ2n) is 7.88. The summed E-state index contributed by atoms with van der Waals surface area (Å²) in [5, 5.41) is 0. The molecule has 7 heteroatoms. The fourth-order valence-electron chi connectivity index (χ4n) is 4.17. The maximum Gasteiger partial charge on any atom is 0.241 e. The van der Waals surface area contributed by atoms with Crippen molar-refractivity contribution < 1.29 is 14.0 Å². The highest BCUT2D eigenvalue weighted by atomic mass is 32.2. The minimum atomic E-state index is -1.39. The van der Waals surface area contributed by atoms with Crippen LogP contribution in [0.2, 0.25) is 0 Å². The van der Waals surface area contributed by atoms with Crippen LogP contribution < -0.4 is 9.46 Å². The SMILES string of the molecule is CCN1CCc2cc(N[S+]([O-])c3ccc(C4CCCCO4)cc3)c(OC)nc2CC1. The number of likely N-dealkylation sites (N-methyl/N-ethyl adjacent to an activating group) is 1. The van der Waals surface area contributed by atoms with Gasteiger partial charge in [0.15, 0.2) is 4.90 Å². The largest absolute Gasteiger partial charge is 0.588 e. The molecule has 2 aromatic rings. The van der Waals surface area contributed by atoms with Crippen molar-refractivity contribution in [2.45, 2.75) is 50.0 Å². The lowest BCUT2D eigenvalue weighted by Crippen LogP contribution is -2.25. The molecule has 0 aliphatic carbocycles. The van der Waals surface area contributed by atoms with Crippen molar-refractivity contribution >= 4 is 17.0 Å². The minimum absolute atomic E-state index is 0.158. The second kappa shape index (κ2) is 10.0. The predicted molar refractivity (Wildman–Crippen MR) is 119 cm³/mol. The average molecular weight is 430 g/mol. The van der Waals surface area contributed by atoms with E-state index in [1.54, 1.807) is 7.11 Å². The normalized spacial score (nSPS) is 20.8. The smallest absolute Gasteiger partial charge is 0.241 e. The molecule has 6 nitrogen and oxygen atoms in total. The van der Waals surface area contributed by atoms with Crippen LogP contribution in [0.3, 0.4) is 0 Å². The number of rotatable bonds is 6. The van der Waals surface area contributed by atoms with Crippen LogP contribution in [0.1, 0.15) is 49.1 Å². The van der Waals surface area contributed by atoms with E-state index in [1.807, 2.05) is 24.3 Å². The molecule has 30 heavy (non-hydrogen) atoms. The number of benzene rings is 1. The van der Waals surface area contributed by atoms with E-state index >= 15 is 0 Å². The number of aromatic nitrogens is 1. The first-order valence-corrected chi connectivity index (χ1v) is 12.0. The second-order valence-corrected chi connectivity index (χ2v) is 9.09. The molecule has 0 bridgehead atoms. The molecule has 1 aromatic carbocycles. The zero-order chi connectivity index (χ0) is 20.9. The van der Waals surface area contributed by atoms with Gasteiger partial charge in [-0.25, -0.2) is 4.98 Å². The number of ether oxygens (including phenoxy) is 2. The lowest BCUT2D eigenvalue weighted by atomic mass is 10.0. The Morgan fingerprint density at radius 3 is 2.73 bits per heavy atom. The number of hydrogen-bond donors (Lipinski definition) is 1. The molecule has 0 spiro atoms. The lowest BCUT2D eigenvalue weighted by molar-refractivity contribution is 0.0149. The van der Waals surface area contributed by atoms with E-state index in [0.29, 0.717) is 11.6 Å². The molecule has 3 heterocycles. The molecule has 1 aromatic heterocycles. The van der Waals surface area contributed by atoms with Gasteiger partial charge in [-0.1, -0.05) is 19.1 Å². The maximum absolute atomic E-state index is 13.0. The van der Waals surface area contributed by atoms with Crippen molar-refractivity contribution in [3.8, 4) is 5.88 Å². The van der Waals surface area contributed by atoms with Gasteiger partial charge >= 0.3 is 0 Å². The van der Waals surface area contributed by atoms with E-state index in [4.69, 9.17) is 14.5 Å². The van der Waals surface area contributed by atoms with Gasteiger partial charge in [-0.2, -0.15) is 4.72 Å². The molecule has 0 amide bonds. The van der Waals surface area contributed by atoms with E-state index in [9.17, 15) is 4.55 Å². The summed E-state index contributed by atoms with van der Waals surface area (Å²) in [6, 6.07) is 9.94. The first kappa shape index (κ1) is 21.4. The van der Waals surface area contributed by atoms with E-state index in [0.717, 1.165) is 68.1 Å². The summed E-state index contributed by atoms with van der Waals surface area (Å²) in [6.07, 6.45) is 5.39. The maximum atomic E-state index is 13.0. The van der Waals surface area contributed by atoms with Crippen LogP contribution in [0.4, 0.5) is 5.69 Å². The number of hydrogen-bond acceptors (Lipinski definition) is 6. The number of fused-ring (bicyclic) bond motifs is 1. The molecular formula is C23H31N3O3S. The van der Waals surface area contributed by atoms with Gasteiger partial charge in [0.25, 0.3) is 0 Å². The topological polar surface area (TPSA) is 69.7 Å². The average Bonchev–Trinajstić information content (AvgIpc) is 3.01. The van der Waals surface area contributed by atoms with Crippen LogP contribution in [-0.2, 0) is 28.9 Å². The number of nitrogens with one attached hydrogen (secondary N) is 1. The van der Waals surface area contributed by atoms with Crippen molar-refractivity contribution in [1.29, 1.82) is 0 Å². The van der Waals surface area contributed by atoms with Crippen molar-refractivity contribution in [2.24, 2.45) is 0 Å². The third kappa shape index (κ3) is 4.91. The Kier molecular flexibility index (Phi) is 7.15. The highest BCUT2D eigenvalue weighted by Gasteiger charge is 2.22.